The molecule has 2 nitrogen and oxygen atoms in total. The second-order valence-electron chi connectivity index (χ2n) is 4.76. The summed E-state index contributed by atoms with van der Waals surface area (Å²) in [6.45, 7) is 3.91. The van der Waals surface area contributed by atoms with E-state index in [1.807, 2.05) is 13.8 Å². The first-order chi connectivity index (χ1) is 6.42. The lowest BCUT2D eigenvalue weighted by molar-refractivity contribution is -0.146. The van der Waals surface area contributed by atoms with Crippen LogP contribution in [0.5, 0.6) is 0 Å². The minimum Gasteiger partial charge on any atom is -0.390 e. The minimum atomic E-state index is -2.74. The third-order valence-corrected chi connectivity index (χ3v) is 3.45. The van der Waals surface area contributed by atoms with E-state index >= 15 is 0 Å². The predicted octanol–water partition coefficient (Wildman–Crippen LogP) is 1.82. The van der Waals surface area contributed by atoms with Crippen LogP contribution in [0.4, 0.5) is 8.78 Å². The molecule has 0 spiro atoms. The van der Waals surface area contributed by atoms with Crippen LogP contribution in [0.15, 0.2) is 0 Å². The summed E-state index contributed by atoms with van der Waals surface area (Å²) in [7, 11) is 0. The normalized spacial score (nSPS) is 45.9. The molecule has 14 heavy (non-hydrogen) atoms. The zero-order valence-corrected chi connectivity index (χ0v) is 8.41. The molecular weight excluding hydrogens is 190 g/mol. The first-order valence-corrected chi connectivity index (χ1v) is 5.13. The molecule has 0 aromatic heterocycles. The van der Waals surface area contributed by atoms with Gasteiger partial charge in [0, 0.05) is 6.42 Å². The lowest BCUT2D eigenvalue weighted by atomic mass is 9.83. The number of aliphatic hydroxyl groups excluding tert-OH is 1. The van der Waals surface area contributed by atoms with Gasteiger partial charge in [0.2, 0.25) is 0 Å². The smallest absolute Gasteiger partial charge is 0.276 e. The van der Waals surface area contributed by atoms with Crippen molar-refractivity contribution in [1.29, 1.82) is 0 Å². The van der Waals surface area contributed by atoms with Crippen LogP contribution in [-0.4, -0.2) is 29.3 Å². The van der Waals surface area contributed by atoms with Gasteiger partial charge < -0.3 is 9.84 Å². The SMILES string of the molecule is CC(C)[C@@H]1C[C@@H]2O[C@@H](CC2(F)F)[C@H]1O. The quantitative estimate of drug-likeness (QED) is 0.709. The molecule has 2 aliphatic heterocycles. The fourth-order valence-corrected chi connectivity index (χ4v) is 2.52. The van der Waals surface area contributed by atoms with Gasteiger partial charge in [-0.1, -0.05) is 13.8 Å². The van der Waals surface area contributed by atoms with Gasteiger partial charge in [0.15, 0.2) is 0 Å². The molecule has 0 unspecified atom stereocenters. The third kappa shape index (κ3) is 1.44. The fourth-order valence-electron chi connectivity index (χ4n) is 2.52. The number of aliphatic hydroxyl groups is 1. The maximum atomic E-state index is 13.3. The van der Waals surface area contributed by atoms with E-state index in [0.717, 1.165) is 0 Å². The summed E-state index contributed by atoms with van der Waals surface area (Å²) in [5, 5.41) is 9.80. The highest BCUT2D eigenvalue weighted by molar-refractivity contribution is 5.00. The molecule has 2 rings (SSSR count). The Morgan fingerprint density at radius 1 is 1.43 bits per heavy atom. The van der Waals surface area contributed by atoms with Crippen molar-refractivity contribution in [3.05, 3.63) is 0 Å². The fraction of sp³-hybridized carbons (Fsp3) is 1.00. The maximum absolute atomic E-state index is 13.3. The van der Waals surface area contributed by atoms with Crippen molar-refractivity contribution in [2.45, 2.75) is 50.9 Å². The lowest BCUT2D eigenvalue weighted by Crippen LogP contribution is -2.43. The van der Waals surface area contributed by atoms with Crippen molar-refractivity contribution in [3.63, 3.8) is 0 Å². The molecule has 82 valence electrons. The van der Waals surface area contributed by atoms with Crippen LogP contribution in [0.3, 0.4) is 0 Å². The van der Waals surface area contributed by atoms with Crippen LogP contribution in [0.1, 0.15) is 26.7 Å². The Labute approximate surface area is 82.3 Å². The average molecular weight is 206 g/mol. The molecule has 2 fully saturated rings. The number of rotatable bonds is 1. The van der Waals surface area contributed by atoms with Crippen molar-refractivity contribution in [2.24, 2.45) is 11.8 Å². The Balaban J connectivity index is 2.17. The highest BCUT2D eigenvalue weighted by Crippen LogP contribution is 2.47. The van der Waals surface area contributed by atoms with Gasteiger partial charge in [-0.3, -0.25) is 0 Å². The molecule has 2 heterocycles. The number of halogens is 2. The summed E-state index contributed by atoms with van der Waals surface area (Å²) < 4.78 is 31.7. The Morgan fingerprint density at radius 3 is 2.64 bits per heavy atom. The van der Waals surface area contributed by atoms with Gasteiger partial charge in [-0.25, -0.2) is 8.78 Å². The van der Waals surface area contributed by atoms with Gasteiger partial charge >= 0.3 is 0 Å². The van der Waals surface area contributed by atoms with Crippen LogP contribution in [0.2, 0.25) is 0 Å². The van der Waals surface area contributed by atoms with Crippen molar-refractivity contribution in [1.82, 2.24) is 0 Å². The molecule has 4 atom stereocenters. The number of ether oxygens (including phenoxy) is 1. The summed E-state index contributed by atoms with van der Waals surface area (Å²) in [6, 6.07) is 0. The van der Waals surface area contributed by atoms with Crippen molar-refractivity contribution < 1.29 is 18.6 Å². The maximum Gasteiger partial charge on any atom is 0.276 e. The van der Waals surface area contributed by atoms with Crippen LogP contribution in [0.25, 0.3) is 0 Å². The largest absolute Gasteiger partial charge is 0.390 e. The third-order valence-electron chi connectivity index (χ3n) is 3.45. The van der Waals surface area contributed by atoms with E-state index in [4.69, 9.17) is 4.74 Å². The molecule has 4 heteroatoms. The van der Waals surface area contributed by atoms with E-state index < -0.39 is 24.2 Å². The molecule has 0 radical (unpaired) electrons. The zero-order chi connectivity index (χ0) is 10.5. The van der Waals surface area contributed by atoms with Crippen molar-refractivity contribution >= 4 is 0 Å². The van der Waals surface area contributed by atoms with Crippen LogP contribution in [0, 0.1) is 11.8 Å². The molecule has 0 saturated carbocycles. The van der Waals surface area contributed by atoms with Gasteiger partial charge in [0.25, 0.3) is 5.92 Å². The first kappa shape index (κ1) is 10.3. The topological polar surface area (TPSA) is 29.5 Å². The van der Waals surface area contributed by atoms with E-state index in [1.165, 1.54) is 0 Å². The number of fused-ring (bicyclic) bond motifs is 2. The van der Waals surface area contributed by atoms with E-state index in [0.29, 0.717) is 0 Å². The Kier molecular flexibility index (Phi) is 2.31. The van der Waals surface area contributed by atoms with Gasteiger partial charge in [-0.05, 0) is 18.3 Å². The van der Waals surface area contributed by atoms with Crippen LogP contribution < -0.4 is 0 Å². The first-order valence-electron chi connectivity index (χ1n) is 5.13. The van der Waals surface area contributed by atoms with Gasteiger partial charge in [0.1, 0.15) is 6.10 Å². The molecular formula is C10H16F2O2. The standard InChI is InChI=1S/C10H16F2O2/c1-5(2)6-3-8-10(11,12)4-7(14-8)9(6)13/h5-9,13H,3-4H2,1-2H3/t6-,7-,8-,9-/m0/s1. The molecule has 2 bridgehead atoms. The lowest BCUT2D eigenvalue weighted by Gasteiger charge is -2.35. The molecule has 2 aliphatic rings. The molecule has 2 saturated heterocycles. The summed E-state index contributed by atoms with van der Waals surface area (Å²) in [5.41, 5.74) is 0. The average Bonchev–Trinajstić information content (AvgIpc) is 2.31. The summed E-state index contributed by atoms with van der Waals surface area (Å²) in [4.78, 5) is 0. The van der Waals surface area contributed by atoms with E-state index in [1.54, 1.807) is 0 Å². The Morgan fingerprint density at radius 2 is 2.07 bits per heavy atom. The van der Waals surface area contributed by atoms with Crippen molar-refractivity contribution in [3.8, 4) is 0 Å². The van der Waals surface area contributed by atoms with Crippen molar-refractivity contribution in [2.75, 3.05) is 0 Å². The summed E-state index contributed by atoms with van der Waals surface area (Å²) in [5.74, 6) is -2.56. The van der Waals surface area contributed by atoms with Crippen LogP contribution >= 0.6 is 0 Å². The van der Waals surface area contributed by atoms with Gasteiger partial charge in [-0.15, -0.1) is 0 Å². The van der Waals surface area contributed by atoms with Gasteiger partial charge in [0.05, 0.1) is 12.2 Å². The van der Waals surface area contributed by atoms with E-state index in [2.05, 4.69) is 0 Å². The molecule has 0 aromatic carbocycles. The minimum absolute atomic E-state index is 0.0490. The molecule has 0 aromatic rings. The number of hydrogen-bond acceptors (Lipinski definition) is 2. The van der Waals surface area contributed by atoms with E-state index in [-0.39, 0.29) is 24.7 Å². The van der Waals surface area contributed by atoms with Crippen LogP contribution in [-0.2, 0) is 4.74 Å². The number of hydrogen-bond donors (Lipinski definition) is 1. The second kappa shape index (κ2) is 3.14. The highest BCUT2D eigenvalue weighted by atomic mass is 19.3. The summed E-state index contributed by atoms with van der Waals surface area (Å²) >= 11 is 0. The Bertz CT molecular complexity index is 230. The summed E-state index contributed by atoms with van der Waals surface area (Å²) in [6.07, 6.45) is -2.39. The molecule has 1 N–H and O–H groups in total. The predicted molar refractivity (Wildman–Crippen MR) is 47.2 cm³/mol. The molecule has 0 aliphatic carbocycles. The zero-order valence-electron chi connectivity index (χ0n) is 8.41. The molecule has 0 amide bonds. The van der Waals surface area contributed by atoms with E-state index in [9.17, 15) is 13.9 Å². The Hall–Kier alpha value is -0.220. The monoisotopic (exact) mass is 206 g/mol. The highest BCUT2D eigenvalue weighted by Gasteiger charge is 2.57. The van der Waals surface area contributed by atoms with Gasteiger partial charge in [-0.2, -0.15) is 0 Å². The second-order valence-corrected chi connectivity index (χ2v) is 4.76. The number of alkyl halides is 2.